The highest BCUT2D eigenvalue weighted by molar-refractivity contribution is 7.13. The van der Waals surface area contributed by atoms with Gasteiger partial charge < -0.3 is 10.3 Å². The number of aromatic amines is 1. The molecule has 0 saturated heterocycles. The van der Waals surface area contributed by atoms with Gasteiger partial charge in [0, 0.05) is 0 Å². The molecule has 2 heterocycles. The molecule has 1 atom stereocenters. The minimum Gasteiger partial charge on any atom is -0.325 e. The van der Waals surface area contributed by atoms with Gasteiger partial charge in [0.1, 0.15) is 5.00 Å². The fourth-order valence-electron chi connectivity index (χ4n) is 1.87. The number of H-pyrrole nitrogens is 1. The summed E-state index contributed by atoms with van der Waals surface area (Å²) in [4.78, 5) is 25.4. The number of aromatic nitrogens is 1. The Labute approximate surface area is 100 Å². The van der Waals surface area contributed by atoms with Crippen molar-refractivity contribution in [2.45, 2.75) is 6.04 Å². The van der Waals surface area contributed by atoms with Crippen LogP contribution in [0.3, 0.4) is 0 Å². The number of carbonyl (C=O) groups excluding carboxylic acids is 1. The van der Waals surface area contributed by atoms with Crippen molar-refractivity contribution in [1.29, 1.82) is 0 Å². The third kappa shape index (κ3) is 1.72. The molecular formula is C11H9N3O2S. The number of carbonyl (C=O) groups is 1. The van der Waals surface area contributed by atoms with E-state index in [0.29, 0.717) is 10.7 Å². The first-order valence-electron chi connectivity index (χ1n) is 5.09. The minimum atomic E-state index is -0.293. The van der Waals surface area contributed by atoms with E-state index in [4.69, 9.17) is 0 Å². The summed E-state index contributed by atoms with van der Waals surface area (Å²) in [5.41, 5.74) is 1.66. The fourth-order valence-corrected chi connectivity index (χ4v) is 2.64. The molecule has 3 rings (SSSR count). The molecule has 1 unspecified atom stereocenters. The van der Waals surface area contributed by atoms with Crippen molar-refractivity contribution in [3.63, 3.8) is 0 Å². The smallest absolute Gasteiger partial charge is 0.320 e. The van der Waals surface area contributed by atoms with E-state index >= 15 is 0 Å². The first kappa shape index (κ1) is 10.1. The molecule has 3 N–H and O–H groups in total. The van der Waals surface area contributed by atoms with Crippen molar-refractivity contribution in [1.82, 2.24) is 10.3 Å². The van der Waals surface area contributed by atoms with E-state index in [1.165, 1.54) is 0 Å². The van der Waals surface area contributed by atoms with E-state index in [9.17, 15) is 9.59 Å². The highest BCUT2D eigenvalue weighted by atomic mass is 32.1. The Morgan fingerprint density at radius 2 is 1.88 bits per heavy atom. The third-order valence-electron chi connectivity index (χ3n) is 2.60. The van der Waals surface area contributed by atoms with Gasteiger partial charge in [0.05, 0.1) is 11.7 Å². The van der Waals surface area contributed by atoms with Crippen molar-refractivity contribution in [2.24, 2.45) is 0 Å². The molecule has 0 radical (unpaired) electrons. The molecule has 0 spiro atoms. The quantitative estimate of drug-likeness (QED) is 0.717. The summed E-state index contributed by atoms with van der Waals surface area (Å²) in [6.45, 7) is 0. The van der Waals surface area contributed by atoms with E-state index in [-0.39, 0.29) is 16.9 Å². The average Bonchev–Trinajstić information content (AvgIpc) is 2.69. The lowest BCUT2D eigenvalue weighted by molar-refractivity contribution is 0.249. The Kier molecular flexibility index (Phi) is 2.22. The Bertz CT molecular complexity index is 617. The van der Waals surface area contributed by atoms with Gasteiger partial charge in [-0.05, 0) is 5.56 Å². The number of hydrogen-bond donors (Lipinski definition) is 3. The molecule has 0 aliphatic carbocycles. The van der Waals surface area contributed by atoms with E-state index in [2.05, 4.69) is 15.6 Å². The molecule has 0 saturated carbocycles. The Balaban J connectivity index is 2.12. The molecule has 86 valence electrons. The monoisotopic (exact) mass is 247 g/mol. The third-order valence-corrected chi connectivity index (χ3v) is 3.41. The van der Waals surface area contributed by atoms with E-state index < -0.39 is 0 Å². The second kappa shape index (κ2) is 3.74. The number of amides is 2. The van der Waals surface area contributed by atoms with Crippen LogP contribution in [0.5, 0.6) is 0 Å². The van der Waals surface area contributed by atoms with Crippen LogP contribution >= 0.6 is 11.3 Å². The summed E-state index contributed by atoms with van der Waals surface area (Å²) in [5, 5.41) is 6.00. The zero-order valence-electron chi connectivity index (χ0n) is 8.69. The summed E-state index contributed by atoms with van der Waals surface area (Å²) in [7, 11) is 0. The van der Waals surface area contributed by atoms with Crippen LogP contribution in [0.1, 0.15) is 17.3 Å². The topological polar surface area (TPSA) is 74.0 Å². The Morgan fingerprint density at radius 3 is 2.65 bits per heavy atom. The molecule has 17 heavy (non-hydrogen) atoms. The highest BCUT2D eigenvalue weighted by Crippen LogP contribution is 2.31. The minimum absolute atomic E-state index is 0.167. The maximum Gasteiger partial charge on any atom is 0.320 e. The number of rotatable bonds is 1. The first-order valence-corrected chi connectivity index (χ1v) is 5.91. The van der Waals surface area contributed by atoms with Gasteiger partial charge in [0.2, 0.25) is 0 Å². The second-order valence-electron chi connectivity index (χ2n) is 3.70. The van der Waals surface area contributed by atoms with Gasteiger partial charge in [-0.2, -0.15) is 0 Å². The van der Waals surface area contributed by atoms with Crippen molar-refractivity contribution >= 4 is 22.4 Å². The summed E-state index contributed by atoms with van der Waals surface area (Å²) in [6.07, 6.45) is 0. The summed E-state index contributed by atoms with van der Waals surface area (Å²) >= 11 is 1.01. The summed E-state index contributed by atoms with van der Waals surface area (Å²) in [5.74, 6) is 0. The van der Waals surface area contributed by atoms with Crippen LogP contribution in [0.25, 0.3) is 0 Å². The van der Waals surface area contributed by atoms with Crippen LogP contribution in [0.4, 0.5) is 9.80 Å². The van der Waals surface area contributed by atoms with Gasteiger partial charge in [-0.25, -0.2) is 4.79 Å². The van der Waals surface area contributed by atoms with Crippen LogP contribution in [-0.4, -0.2) is 11.0 Å². The number of urea groups is 1. The predicted octanol–water partition coefficient (Wildman–Crippen LogP) is 1.66. The molecule has 0 bridgehead atoms. The second-order valence-corrected chi connectivity index (χ2v) is 4.68. The lowest BCUT2D eigenvalue weighted by atomic mass is 10.0. The van der Waals surface area contributed by atoms with Gasteiger partial charge in [-0.15, -0.1) is 0 Å². The SMILES string of the molecule is O=C1Nc2sc(=O)[nH]c2C(c2ccccc2)N1. The van der Waals surface area contributed by atoms with Crippen molar-refractivity contribution in [3.05, 3.63) is 51.3 Å². The Hall–Kier alpha value is -2.08. The number of hydrogen-bond acceptors (Lipinski definition) is 3. The van der Waals surface area contributed by atoms with Gasteiger partial charge in [-0.1, -0.05) is 41.7 Å². The summed E-state index contributed by atoms with van der Waals surface area (Å²) in [6, 6.07) is 8.94. The lowest BCUT2D eigenvalue weighted by Gasteiger charge is -2.23. The number of nitrogens with one attached hydrogen (secondary N) is 3. The molecule has 2 aromatic rings. The highest BCUT2D eigenvalue weighted by Gasteiger charge is 2.27. The molecule has 1 aromatic carbocycles. The molecule has 1 aliphatic rings. The average molecular weight is 247 g/mol. The Morgan fingerprint density at radius 1 is 1.12 bits per heavy atom. The maximum atomic E-state index is 11.5. The van der Waals surface area contributed by atoms with Crippen LogP contribution in [-0.2, 0) is 0 Å². The van der Waals surface area contributed by atoms with Crippen molar-refractivity contribution < 1.29 is 4.79 Å². The van der Waals surface area contributed by atoms with Crippen LogP contribution in [0.15, 0.2) is 35.1 Å². The number of thiazole rings is 1. The molecule has 1 aromatic heterocycles. The number of anilines is 1. The van der Waals surface area contributed by atoms with Gasteiger partial charge in [0.25, 0.3) is 0 Å². The lowest BCUT2D eigenvalue weighted by Crippen LogP contribution is -2.37. The van der Waals surface area contributed by atoms with Crippen LogP contribution in [0, 0.1) is 0 Å². The number of benzene rings is 1. The molecule has 1 aliphatic heterocycles. The molecular weight excluding hydrogens is 238 g/mol. The number of fused-ring (bicyclic) bond motifs is 1. The van der Waals surface area contributed by atoms with Gasteiger partial charge in [-0.3, -0.25) is 10.1 Å². The first-order chi connectivity index (χ1) is 8.24. The molecule has 6 heteroatoms. The molecule has 5 nitrogen and oxygen atoms in total. The molecule has 0 fully saturated rings. The predicted molar refractivity (Wildman–Crippen MR) is 65.4 cm³/mol. The molecule has 2 amide bonds. The van der Waals surface area contributed by atoms with Gasteiger partial charge in [0.15, 0.2) is 0 Å². The largest absolute Gasteiger partial charge is 0.325 e. The van der Waals surface area contributed by atoms with Gasteiger partial charge >= 0.3 is 10.9 Å². The normalized spacial score (nSPS) is 18.1. The zero-order valence-corrected chi connectivity index (χ0v) is 9.51. The standard InChI is InChI=1S/C11H9N3O2S/c15-10-12-7(6-4-2-1-3-5-6)8-9(14-10)17-11(16)13-8/h1-5,7H,(H,13,16)(H2,12,14,15). The van der Waals surface area contributed by atoms with Crippen molar-refractivity contribution in [3.8, 4) is 0 Å². The van der Waals surface area contributed by atoms with E-state index in [1.807, 2.05) is 30.3 Å². The van der Waals surface area contributed by atoms with Crippen molar-refractivity contribution in [2.75, 3.05) is 5.32 Å². The van der Waals surface area contributed by atoms with E-state index in [0.717, 1.165) is 16.9 Å². The zero-order chi connectivity index (χ0) is 11.8. The fraction of sp³-hybridized carbons (Fsp3) is 0.0909. The summed E-state index contributed by atoms with van der Waals surface area (Å²) < 4.78 is 0. The van der Waals surface area contributed by atoms with E-state index in [1.54, 1.807) is 0 Å². The maximum absolute atomic E-state index is 11.5. The van der Waals surface area contributed by atoms with Crippen LogP contribution < -0.4 is 15.5 Å². The van der Waals surface area contributed by atoms with Crippen LogP contribution in [0.2, 0.25) is 0 Å².